The zero-order valence-corrected chi connectivity index (χ0v) is 12.5. The molecule has 1 unspecified atom stereocenters. The Balaban J connectivity index is 2.46. The lowest BCUT2D eigenvalue weighted by molar-refractivity contribution is -0.144. The summed E-state index contributed by atoms with van der Waals surface area (Å²) >= 11 is 0. The SMILES string of the molecule is COc1cc(C)cc(C)c1C(C(=O)O)N1CCCCC1. The van der Waals surface area contributed by atoms with Gasteiger partial charge in [0.2, 0.25) is 0 Å². The van der Waals surface area contributed by atoms with Crippen LogP contribution in [0.1, 0.15) is 42.0 Å². The third-order valence-corrected chi connectivity index (χ3v) is 3.98. The van der Waals surface area contributed by atoms with Crippen LogP contribution in [0.4, 0.5) is 0 Å². The Morgan fingerprint density at radius 1 is 1.25 bits per heavy atom. The van der Waals surface area contributed by atoms with Crippen molar-refractivity contribution in [1.82, 2.24) is 4.90 Å². The summed E-state index contributed by atoms with van der Waals surface area (Å²) < 4.78 is 5.44. The van der Waals surface area contributed by atoms with Crippen molar-refractivity contribution in [3.63, 3.8) is 0 Å². The summed E-state index contributed by atoms with van der Waals surface area (Å²) in [5, 5.41) is 9.70. The largest absolute Gasteiger partial charge is 0.496 e. The first-order chi connectivity index (χ1) is 9.54. The third kappa shape index (κ3) is 2.96. The van der Waals surface area contributed by atoms with E-state index >= 15 is 0 Å². The molecular weight excluding hydrogens is 254 g/mol. The van der Waals surface area contributed by atoms with Crippen molar-refractivity contribution in [3.05, 3.63) is 28.8 Å². The van der Waals surface area contributed by atoms with Gasteiger partial charge in [-0.1, -0.05) is 12.5 Å². The number of aryl methyl sites for hydroxylation is 2. The third-order valence-electron chi connectivity index (χ3n) is 3.98. The normalized spacial score (nSPS) is 17.8. The van der Waals surface area contributed by atoms with Gasteiger partial charge in [0.15, 0.2) is 0 Å². The maximum Gasteiger partial charge on any atom is 0.325 e. The van der Waals surface area contributed by atoms with Gasteiger partial charge in [-0.2, -0.15) is 0 Å². The molecular formula is C16H23NO3. The van der Waals surface area contributed by atoms with Gasteiger partial charge in [0, 0.05) is 5.56 Å². The number of methoxy groups -OCH3 is 1. The van der Waals surface area contributed by atoms with Crippen LogP contribution in [0.5, 0.6) is 5.75 Å². The molecule has 0 saturated carbocycles. The van der Waals surface area contributed by atoms with Crippen LogP contribution in [0, 0.1) is 13.8 Å². The fourth-order valence-corrected chi connectivity index (χ4v) is 3.10. The lowest BCUT2D eigenvalue weighted by Gasteiger charge is -2.33. The van der Waals surface area contributed by atoms with Gasteiger partial charge in [0.25, 0.3) is 0 Å². The van der Waals surface area contributed by atoms with Crippen LogP contribution < -0.4 is 4.74 Å². The molecule has 1 aromatic carbocycles. The summed E-state index contributed by atoms with van der Waals surface area (Å²) in [6.45, 7) is 5.64. The van der Waals surface area contributed by atoms with E-state index in [9.17, 15) is 9.90 Å². The van der Waals surface area contributed by atoms with Crippen LogP contribution in [0.2, 0.25) is 0 Å². The first kappa shape index (κ1) is 14.9. The maximum absolute atomic E-state index is 11.8. The molecule has 1 heterocycles. The summed E-state index contributed by atoms with van der Waals surface area (Å²) in [5.74, 6) is -0.113. The number of likely N-dealkylation sites (tertiary alicyclic amines) is 1. The standard InChI is InChI=1S/C16H23NO3/c1-11-9-12(2)14(13(10-11)20-3)15(16(18)19)17-7-5-4-6-8-17/h9-10,15H,4-8H2,1-3H3,(H,18,19). The minimum atomic E-state index is -0.794. The number of carbonyl (C=O) groups is 1. The van der Waals surface area contributed by atoms with Crippen molar-refractivity contribution in [2.45, 2.75) is 39.2 Å². The van der Waals surface area contributed by atoms with Crippen LogP contribution in [0.15, 0.2) is 12.1 Å². The van der Waals surface area contributed by atoms with Gasteiger partial charge in [-0.3, -0.25) is 9.69 Å². The van der Waals surface area contributed by atoms with E-state index in [0.29, 0.717) is 5.75 Å². The van der Waals surface area contributed by atoms with E-state index in [0.717, 1.165) is 42.6 Å². The van der Waals surface area contributed by atoms with Crippen molar-refractivity contribution in [2.75, 3.05) is 20.2 Å². The summed E-state index contributed by atoms with van der Waals surface area (Å²) in [4.78, 5) is 13.9. The van der Waals surface area contributed by atoms with Gasteiger partial charge >= 0.3 is 5.97 Å². The Labute approximate surface area is 120 Å². The highest BCUT2D eigenvalue weighted by atomic mass is 16.5. The van der Waals surface area contributed by atoms with Gasteiger partial charge in [0.1, 0.15) is 11.8 Å². The topological polar surface area (TPSA) is 49.8 Å². The fourth-order valence-electron chi connectivity index (χ4n) is 3.10. The molecule has 1 N–H and O–H groups in total. The number of aliphatic carboxylic acids is 1. The van der Waals surface area contributed by atoms with Crippen molar-refractivity contribution in [1.29, 1.82) is 0 Å². The van der Waals surface area contributed by atoms with E-state index in [1.165, 1.54) is 6.42 Å². The number of nitrogens with zero attached hydrogens (tertiary/aromatic N) is 1. The number of hydrogen-bond donors (Lipinski definition) is 1. The smallest absolute Gasteiger partial charge is 0.325 e. The maximum atomic E-state index is 11.8. The average Bonchev–Trinajstić information content (AvgIpc) is 2.42. The number of rotatable bonds is 4. The molecule has 1 fully saturated rings. The van der Waals surface area contributed by atoms with E-state index in [1.54, 1.807) is 7.11 Å². The predicted octanol–water partition coefficient (Wildman–Crippen LogP) is 2.92. The highest BCUT2D eigenvalue weighted by Gasteiger charge is 2.32. The molecule has 4 heteroatoms. The summed E-state index contributed by atoms with van der Waals surface area (Å²) in [5.41, 5.74) is 2.87. The van der Waals surface area contributed by atoms with Crippen molar-refractivity contribution >= 4 is 5.97 Å². The molecule has 0 spiro atoms. The Morgan fingerprint density at radius 2 is 1.90 bits per heavy atom. The van der Waals surface area contributed by atoms with Crippen LogP contribution >= 0.6 is 0 Å². The van der Waals surface area contributed by atoms with Crippen molar-refractivity contribution in [3.8, 4) is 5.75 Å². The zero-order valence-electron chi connectivity index (χ0n) is 12.5. The van der Waals surface area contributed by atoms with Crippen molar-refractivity contribution < 1.29 is 14.6 Å². The number of carboxylic acids is 1. The van der Waals surface area contributed by atoms with Gasteiger partial charge in [-0.05, 0) is 57.0 Å². The van der Waals surface area contributed by atoms with E-state index in [-0.39, 0.29) is 0 Å². The highest BCUT2D eigenvalue weighted by molar-refractivity contribution is 5.77. The van der Waals surface area contributed by atoms with Gasteiger partial charge in [0.05, 0.1) is 7.11 Å². The number of benzene rings is 1. The summed E-state index contributed by atoms with van der Waals surface area (Å²) in [7, 11) is 1.60. The summed E-state index contributed by atoms with van der Waals surface area (Å²) in [6, 6.07) is 3.34. The molecule has 2 rings (SSSR count). The zero-order chi connectivity index (χ0) is 14.7. The van der Waals surface area contributed by atoms with Crippen LogP contribution in [0.3, 0.4) is 0 Å². The predicted molar refractivity (Wildman–Crippen MR) is 78.3 cm³/mol. The highest BCUT2D eigenvalue weighted by Crippen LogP contribution is 2.35. The molecule has 1 atom stereocenters. The van der Waals surface area contributed by atoms with Gasteiger partial charge < -0.3 is 9.84 Å². The van der Waals surface area contributed by atoms with E-state index in [1.807, 2.05) is 26.0 Å². The second-order valence-electron chi connectivity index (χ2n) is 5.54. The molecule has 110 valence electrons. The molecule has 0 amide bonds. The Hall–Kier alpha value is -1.55. The molecule has 0 bridgehead atoms. The Bertz CT molecular complexity index is 493. The fraction of sp³-hybridized carbons (Fsp3) is 0.562. The Morgan fingerprint density at radius 3 is 2.45 bits per heavy atom. The lowest BCUT2D eigenvalue weighted by atomic mass is 9.95. The molecule has 0 radical (unpaired) electrons. The number of piperidine rings is 1. The van der Waals surface area contributed by atoms with Gasteiger partial charge in [-0.15, -0.1) is 0 Å². The molecule has 1 saturated heterocycles. The molecule has 0 aliphatic carbocycles. The lowest BCUT2D eigenvalue weighted by Crippen LogP contribution is -2.38. The summed E-state index contributed by atoms with van der Waals surface area (Å²) in [6.07, 6.45) is 3.32. The number of hydrogen-bond acceptors (Lipinski definition) is 3. The quantitative estimate of drug-likeness (QED) is 0.919. The number of ether oxygens (including phenoxy) is 1. The van der Waals surface area contributed by atoms with Gasteiger partial charge in [-0.25, -0.2) is 0 Å². The molecule has 1 aliphatic heterocycles. The second kappa shape index (κ2) is 6.27. The first-order valence-electron chi connectivity index (χ1n) is 7.16. The first-order valence-corrected chi connectivity index (χ1v) is 7.16. The average molecular weight is 277 g/mol. The minimum absolute atomic E-state index is 0.606. The molecule has 0 aromatic heterocycles. The molecule has 1 aliphatic rings. The van der Waals surface area contributed by atoms with Crippen LogP contribution in [0.25, 0.3) is 0 Å². The Kier molecular flexibility index (Phi) is 4.65. The van der Waals surface area contributed by atoms with Crippen molar-refractivity contribution in [2.24, 2.45) is 0 Å². The van der Waals surface area contributed by atoms with Crippen LogP contribution in [-0.2, 0) is 4.79 Å². The van der Waals surface area contributed by atoms with Crippen LogP contribution in [-0.4, -0.2) is 36.2 Å². The molecule has 4 nitrogen and oxygen atoms in total. The van der Waals surface area contributed by atoms with E-state index in [2.05, 4.69) is 4.90 Å². The molecule has 1 aromatic rings. The minimum Gasteiger partial charge on any atom is -0.496 e. The monoisotopic (exact) mass is 277 g/mol. The van der Waals surface area contributed by atoms with E-state index in [4.69, 9.17) is 4.74 Å². The van der Waals surface area contributed by atoms with E-state index < -0.39 is 12.0 Å². The molecule has 20 heavy (non-hydrogen) atoms. The number of carboxylic acid groups (broad SMARTS) is 1. The second-order valence-corrected chi connectivity index (χ2v) is 5.54.